The second kappa shape index (κ2) is 8.81. The number of hydrogen-bond donors (Lipinski definition) is 1. The Morgan fingerprint density at radius 3 is 2.68 bits per heavy atom. The molecule has 1 amide bonds. The highest BCUT2D eigenvalue weighted by Crippen LogP contribution is 2.31. The molecule has 6 heteroatoms. The SMILES string of the molecule is C=CCn1c(C(=O)Nc2nc(-c3ccc(Br)cc3)cs2)c(C)c2cc(C(C)C)ccc21. The van der Waals surface area contributed by atoms with Gasteiger partial charge in [0, 0.05) is 32.9 Å². The number of rotatable bonds is 6. The third-order valence-electron chi connectivity index (χ3n) is 5.40. The van der Waals surface area contributed by atoms with Crippen molar-refractivity contribution < 1.29 is 4.79 Å². The summed E-state index contributed by atoms with van der Waals surface area (Å²) in [6.45, 7) is 10.8. The summed E-state index contributed by atoms with van der Waals surface area (Å²) >= 11 is 4.88. The summed E-state index contributed by atoms with van der Waals surface area (Å²) in [7, 11) is 0. The summed E-state index contributed by atoms with van der Waals surface area (Å²) in [6.07, 6.45) is 1.82. The molecule has 0 saturated carbocycles. The lowest BCUT2D eigenvalue weighted by molar-refractivity contribution is 0.101. The van der Waals surface area contributed by atoms with Crippen molar-refractivity contribution in [2.24, 2.45) is 0 Å². The summed E-state index contributed by atoms with van der Waals surface area (Å²) in [5, 5.41) is 6.65. The maximum Gasteiger partial charge on any atom is 0.274 e. The minimum Gasteiger partial charge on any atom is -0.332 e. The summed E-state index contributed by atoms with van der Waals surface area (Å²) in [5.41, 5.74) is 5.78. The fourth-order valence-corrected chi connectivity index (χ4v) is 4.73. The summed E-state index contributed by atoms with van der Waals surface area (Å²) < 4.78 is 3.05. The Bertz CT molecular complexity index is 1270. The van der Waals surface area contributed by atoms with Crippen LogP contribution in [0.15, 0.2) is 65.0 Å². The predicted molar refractivity (Wildman–Crippen MR) is 134 cm³/mol. The van der Waals surface area contributed by atoms with Gasteiger partial charge in [0.05, 0.1) is 5.69 Å². The first-order valence-corrected chi connectivity index (χ1v) is 11.8. The average Bonchev–Trinajstić information content (AvgIpc) is 3.31. The van der Waals surface area contributed by atoms with Crippen LogP contribution in [0.1, 0.15) is 41.4 Å². The van der Waals surface area contributed by atoms with Crippen molar-refractivity contribution in [3.8, 4) is 11.3 Å². The first kappa shape index (κ1) is 21.5. The molecule has 158 valence electrons. The van der Waals surface area contributed by atoms with E-state index in [0.717, 1.165) is 32.2 Å². The van der Waals surface area contributed by atoms with Crippen LogP contribution in [-0.4, -0.2) is 15.5 Å². The van der Waals surface area contributed by atoms with Gasteiger partial charge in [-0.15, -0.1) is 17.9 Å². The first-order chi connectivity index (χ1) is 14.9. The lowest BCUT2D eigenvalue weighted by Gasteiger charge is -2.09. The summed E-state index contributed by atoms with van der Waals surface area (Å²) in [4.78, 5) is 17.9. The van der Waals surface area contributed by atoms with Crippen LogP contribution in [-0.2, 0) is 6.54 Å². The van der Waals surface area contributed by atoms with E-state index in [4.69, 9.17) is 0 Å². The highest BCUT2D eigenvalue weighted by atomic mass is 79.9. The highest BCUT2D eigenvalue weighted by molar-refractivity contribution is 9.10. The molecule has 0 saturated heterocycles. The lowest BCUT2D eigenvalue weighted by Crippen LogP contribution is -2.18. The minimum absolute atomic E-state index is 0.154. The average molecular weight is 494 g/mol. The van der Waals surface area contributed by atoms with Crippen molar-refractivity contribution in [3.63, 3.8) is 0 Å². The molecule has 4 nitrogen and oxygen atoms in total. The molecule has 0 radical (unpaired) electrons. The van der Waals surface area contributed by atoms with Crippen molar-refractivity contribution in [1.29, 1.82) is 0 Å². The minimum atomic E-state index is -0.154. The number of anilines is 1. The van der Waals surface area contributed by atoms with Crippen molar-refractivity contribution >= 4 is 49.2 Å². The Labute approximate surface area is 194 Å². The largest absolute Gasteiger partial charge is 0.332 e. The third-order valence-corrected chi connectivity index (χ3v) is 6.68. The number of amides is 1. The molecule has 1 N–H and O–H groups in total. The quantitative estimate of drug-likeness (QED) is 0.284. The van der Waals surface area contributed by atoms with Gasteiger partial charge in [0.25, 0.3) is 5.91 Å². The van der Waals surface area contributed by atoms with Crippen LogP contribution in [0, 0.1) is 6.92 Å². The van der Waals surface area contributed by atoms with Crippen molar-refractivity contribution in [3.05, 3.63) is 81.8 Å². The van der Waals surface area contributed by atoms with Gasteiger partial charge in [-0.3, -0.25) is 10.1 Å². The van der Waals surface area contributed by atoms with E-state index in [1.54, 1.807) is 0 Å². The van der Waals surface area contributed by atoms with Crippen molar-refractivity contribution in [1.82, 2.24) is 9.55 Å². The van der Waals surface area contributed by atoms with Gasteiger partial charge in [-0.25, -0.2) is 4.98 Å². The summed E-state index contributed by atoms with van der Waals surface area (Å²) in [5.74, 6) is 0.273. The number of nitrogens with zero attached hydrogens (tertiary/aromatic N) is 2. The predicted octanol–water partition coefficient (Wildman–Crippen LogP) is 7.40. The van der Waals surface area contributed by atoms with Crippen LogP contribution < -0.4 is 5.32 Å². The molecule has 0 fully saturated rings. The number of nitrogens with one attached hydrogen (secondary N) is 1. The number of benzene rings is 2. The zero-order valence-electron chi connectivity index (χ0n) is 17.8. The molecule has 4 aromatic rings. The Morgan fingerprint density at radius 1 is 1.26 bits per heavy atom. The van der Waals surface area contributed by atoms with Gasteiger partial charge in [0.1, 0.15) is 5.69 Å². The normalized spacial score (nSPS) is 11.3. The Hall–Kier alpha value is -2.70. The Morgan fingerprint density at radius 2 is 2.00 bits per heavy atom. The molecule has 2 aromatic carbocycles. The van der Waals surface area contributed by atoms with Gasteiger partial charge in [-0.2, -0.15) is 0 Å². The van der Waals surface area contributed by atoms with Gasteiger partial charge < -0.3 is 4.57 Å². The molecule has 0 bridgehead atoms. The number of allylic oxidation sites excluding steroid dienone is 1. The smallest absolute Gasteiger partial charge is 0.274 e. The molecule has 2 aromatic heterocycles. The van der Waals surface area contributed by atoms with E-state index in [-0.39, 0.29) is 5.91 Å². The number of carbonyl (C=O) groups is 1. The van der Waals surface area contributed by atoms with Gasteiger partial charge in [-0.05, 0) is 48.2 Å². The fraction of sp³-hybridized carbons (Fsp3) is 0.200. The monoisotopic (exact) mass is 493 g/mol. The molecule has 0 aliphatic carbocycles. The fourth-order valence-electron chi connectivity index (χ4n) is 3.75. The van der Waals surface area contributed by atoms with E-state index in [1.807, 2.05) is 47.2 Å². The lowest BCUT2D eigenvalue weighted by atomic mass is 10.0. The van der Waals surface area contributed by atoms with Crippen LogP contribution in [0.3, 0.4) is 0 Å². The van der Waals surface area contributed by atoms with Crippen LogP contribution in [0.4, 0.5) is 5.13 Å². The molecule has 0 spiro atoms. The van der Waals surface area contributed by atoms with Crippen LogP contribution in [0.5, 0.6) is 0 Å². The standard InChI is InChI=1S/C25H24BrN3OS/c1-5-12-29-22-11-8-18(15(2)3)13-20(22)16(4)23(29)24(30)28-25-27-21(14-31-25)17-6-9-19(26)10-7-17/h5-11,13-15H,1,12H2,2-4H3,(H,27,28,30). The first-order valence-electron chi connectivity index (χ1n) is 10.2. The number of thiazole rings is 1. The molecule has 31 heavy (non-hydrogen) atoms. The van der Waals surface area contributed by atoms with Crippen LogP contribution in [0.25, 0.3) is 22.2 Å². The number of fused-ring (bicyclic) bond motifs is 1. The highest BCUT2D eigenvalue weighted by Gasteiger charge is 2.21. The number of aromatic nitrogens is 2. The van der Waals surface area contributed by atoms with Crippen LogP contribution >= 0.6 is 27.3 Å². The number of aryl methyl sites for hydroxylation is 1. The van der Waals surface area contributed by atoms with E-state index in [0.29, 0.717) is 23.3 Å². The zero-order valence-corrected chi connectivity index (χ0v) is 20.2. The van der Waals surface area contributed by atoms with Crippen molar-refractivity contribution in [2.75, 3.05) is 5.32 Å². The van der Waals surface area contributed by atoms with Gasteiger partial charge in [0.15, 0.2) is 5.13 Å². The number of carbonyl (C=O) groups excluding carboxylic acids is 1. The Kier molecular flexibility index (Phi) is 6.12. The van der Waals surface area contributed by atoms with E-state index < -0.39 is 0 Å². The second-order valence-electron chi connectivity index (χ2n) is 7.80. The molecular weight excluding hydrogens is 470 g/mol. The van der Waals surface area contributed by atoms with E-state index in [2.05, 4.69) is 64.9 Å². The molecule has 0 aliphatic heterocycles. The van der Waals surface area contributed by atoms with E-state index >= 15 is 0 Å². The Balaban J connectivity index is 1.69. The maximum atomic E-state index is 13.3. The maximum absolute atomic E-state index is 13.3. The van der Waals surface area contributed by atoms with Crippen molar-refractivity contribution in [2.45, 2.75) is 33.2 Å². The molecule has 4 rings (SSSR count). The number of halogens is 1. The van der Waals surface area contributed by atoms with Gasteiger partial charge >= 0.3 is 0 Å². The van der Waals surface area contributed by atoms with Gasteiger partial charge in [-0.1, -0.05) is 54.1 Å². The van der Waals surface area contributed by atoms with E-state index in [1.165, 1.54) is 16.9 Å². The zero-order chi connectivity index (χ0) is 22.1. The molecule has 0 atom stereocenters. The summed E-state index contributed by atoms with van der Waals surface area (Å²) in [6, 6.07) is 14.4. The van der Waals surface area contributed by atoms with Gasteiger partial charge in [0.2, 0.25) is 0 Å². The van der Waals surface area contributed by atoms with Crippen LogP contribution in [0.2, 0.25) is 0 Å². The second-order valence-corrected chi connectivity index (χ2v) is 9.58. The molecule has 2 heterocycles. The molecular formula is C25H24BrN3OS. The third kappa shape index (κ3) is 4.23. The number of hydrogen-bond acceptors (Lipinski definition) is 3. The topological polar surface area (TPSA) is 46.9 Å². The molecule has 0 aliphatic rings. The van der Waals surface area contributed by atoms with E-state index in [9.17, 15) is 4.79 Å². The molecule has 0 unspecified atom stereocenters.